The van der Waals surface area contributed by atoms with Gasteiger partial charge in [-0.05, 0) is 94.2 Å². The summed E-state index contributed by atoms with van der Waals surface area (Å²) in [7, 11) is 0. The van der Waals surface area contributed by atoms with E-state index in [0.717, 1.165) is 33.6 Å². The number of anilines is 3. The number of rotatable bonds is 5. The van der Waals surface area contributed by atoms with Crippen LogP contribution in [-0.2, 0) is 0 Å². The van der Waals surface area contributed by atoms with Crippen molar-refractivity contribution in [1.82, 2.24) is 0 Å². The molecule has 0 spiro atoms. The van der Waals surface area contributed by atoms with Gasteiger partial charge in [-0.2, -0.15) is 0 Å². The van der Waals surface area contributed by atoms with Gasteiger partial charge >= 0.3 is 0 Å². The molecule has 0 N–H and O–H groups in total. The number of hydrogen-bond acceptors (Lipinski definition) is 3. The van der Waals surface area contributed by atoms with Gasteiger partial charge in [-0.25, -0.2) is 0 Å². The maximum Gasteiger partial charge on any atom is 0.136 e. The SMILES string of the molecule is c1ccc(-c2cc(-c3ccc4c(ccc5oc6ccccc6c54)c3)ccc2N(c2ccccc2)c2ccc3sc4ccccc4c3c2)cc1. The second-order valence-electron chi connectivity index (χ2n) is 12.5. The van der Waals surface area contributed by atoms with Gasteiger partial charge < -0.3 is 9.32 Å². The van der Waals surface area contributed by atoms with E-state index in [1.807, 2.05) is 23.5 Å². The lowest BCUT2D eigenvalue weighted by molar-refractivity contribution is 0.669. The van der Waals surface area contributed by atoms with Crippen LogP contribution in [0.1, 0.15) is 0 Å². The summed E-state index contributed by atoms with van der Waals surface area (Å²) in [4.78, 5) is 2.40. The highest BCUT2D eigenvalue weighted by Crippen LogP contribution is 2.45. The third-order valence-corrected chi connectivity index (χ3v) is 10.8. The minimum Gasteiger partial charge on any atom is -0.456 e. The van der Waals surface area contributed by atoms with Gasteiger partial charge in [-0.1, -0.05) is 109 Å². The van der Waals surface area contributed by atoms with E-state index in [0.29, 0.717) is 0 Å². The van der Waals surface area contributed by atoms with Gasteiger partial charge in [0.05, 0.1) is 5.69 Å². The molecule has 0 saturated heterocycles. The first kappa shape index (κ1) is 27.9. The molecule has 3 heteroatoms. The van der Waals surface area contributed by atoms with Crippen LogP contribution in [0.25, 0.3) is 75.1 Å². The van der Waals surface area contributed by atoms with E-state index in [1.165, 1.54) is 58.6 Å². The number of benzene rings is 8. The second kappa shape index (κ2) is 11.2. The summed E-state index contributed by atoms with van der Waals surface area (Å²) in [5.74, 6) is 0. The van der Waals surface area contributed by atoms with Crippen molar-refractivity contribution >= 4 is 81.3 Å². The third-order valence-electron chi connectivity index (χ3n) is 9.65. The first-order valence-corrected chi connectivity index (χ1v) is 17.4. The minimum absolute atomic E-state index is 0.923. The summed E-state index contributed by atoms with van der Waals surface area (Å²) in [6.07, 6.45) is 0. The smallest absolute Gasteiger partial charge is 0.136 e. The van der Waals surface area contributed by atoms with E-state index >= 15 is 0 Å². The minimum atomic E-state index is 0.923. The van der Waals surface area contributed by atoms with Crippen LogP contribution in [0, 0.1) is 0 Å². The summed E-state index contributed by atoms with van der Waals surface area (Å²) in [6, 6.07) is 63.4. The summed E-state index contributed by atoms with van der Waals surface area (Å²) in [6.45, 7) is 0. The van der Waals surface area contributed by atoms with Gasteiger partial charge in [0.1, 0.15) is 11.2 Å². The normalized spacial score (nSPS) is 11.7. The largest absolute Gasteiger partial charge is 0.456 e. The predicted octanol–water partition coefficient (Wildman–Crippen LogP) is 13.9. The van der Waals surface area contributed by atoms with E-state index < -0.39 is 0 Å². The number of furan rings is 1. The Hall–Kier alpha value is -6.16. The number of hydrogen-bond donors (Lipinski definition) is 0. The zero-order valence-corrected chi connectivity index (χ0v) is 27.3. The van der Waals surface area contributed by atoms with Crippen LogP contribution in [0.15, 0.2) is 180 Å². The van der Waals surface area contributed by atoms with E-state index in [2.05, 4.69) is 169 Å². The molecule has 2 nitrogen and oxygen atoms in total. The van der Waals surface area contributed by atoms with Gasteiger partial charge in [0.2, 0.25) is 0 Å². The Labute approximate surface area is 287 Å². The highest BCUT2D eigenvalue weighted by molar-refractivity contribution is 7.25. The van der Waals surface area contributed by atoms with Crippen molar-refractivity contribution in [3.8, 4) is 22.3 Å². The lowest BCUT2D eigenvalue weighted by Gasteiger charge is -2.28. The number of fused-ring (bicyclic) bond motifs is 8. The molecule has 0 fully saturated rings. The quantitative estimate of drug-likeness (QED) is 0.186. The van der Waals surface area contributed by atoms with E-state index in [4.69, 9.17) is 4.42 Å². The van der Waals surface area contributed by atoms with Crippen molar-refractivity contribution in [1.29, 1.82) is 0 Å². The number of thiophene rings is 1. The maximum absolute atomic E-state index is 6.18. The first-order chi connectivity index (χ1) is 24.3. The van der Waals surface area contributed by atoms with Crippen LogP contribution < -0.4 is 4.90 Å². The predicted molar refractivity (Wildman–Crippen MR) is 210 cm³/mol. The number of para-hydroxylation sites is 2. The highest BCUT2D eigenvalue weighted by Gasteiger charge is 2.20. The molecule has 2 aromatic heterocycles. The molecule has 0 radical (unpaired) electrons. The van der Waals surface area contributed by atoms with Crippen LogP contribution in [0.3, 0.4) is 0 Å². The van der Waals surface area contributed by atoms with Gasteiger partial charge in [0.25, 0.3) is 0 Å². The van der Waals surface area contributed by atoms with Crippen molar-refractivity contribution in [3.05, 3.63) is 176 Å². The van der Waals surface area contributed by atoms with E-state index in [-0.39, 0.29) is 0 Å². The fourth-order valence-electron chi connectivity index (χ4n) is 7.35. The molecule has 0 saturated carbocycles. The Balaban J connectivity index is 1.17. The Morgan fingerprint density at radius 3 is 2.00 bits per heavy atom. The number of nitrogens with zero attached hydrogens (tertiary/aromatic N) is 1. The molecule has 0 atom stereocenters. The van der Waals surface area contributed by atoms with Crippen LogP contribution in [0.2, 0.25) is 0 Å². The van der Waals surface area contributed by atoms with Crippen LogP contribution >= 0.6 is 11.3 Å². The van der Waals surface area contributed by atoms with E-state index in [1.54, 1.807) is 0 Å². The molecule has 0 aliphatic carbocycles. The van der Waals surface area contributed by atoms with Crippen molar-refractivity contribution < 1.29 is 4.42 Å². The molecule has 49 heavy (non-hydrogen) atoms. The van der Waals surface area contributed by atoms with Crippen LogP contribution in [-0.4, -0.2) is 0 Å². The first-order valence-electron chi connectivity index (χ1n) is 16.6. The monoisotopic (exact) mass is 643 g/mol. The summed E-state index contributed by atoms with van der Waals surface area (Å²) in [5, 5.41) is 7.32. The highest BCUT2D eigenvalue weighted by atomic mass is 32.1. The van der Waals surface area contributed by atoms with Crippen molar-refractivity contribution in [2.45, 2.75) is 0 Å². The lowest BCUT2D eigenvalue weighted by atomic mass is 9.94. The van der Waals surface area contributed by atoms with Gasteiger partial charge in [0, 0.05) is 47.9 Å². The van der Waals surface area contributed by atoms with Gasteiger partial charge in [-0.15, -0.1) is 11.3 Å². The Bertz CT molecular complexity index is 2830. The summed E-state index contributed by atoms with van der Waals surface area (Å²) in [5.41, 5.74) is 9.94. The fraction of sp³-hybridized carbons (Fsp3) is 0. The van der Waals surface area contributed by atoms with Crippen LogP contribution in [0.5, 0.6) is 0 Å². The Morgan fingerprint density at radius 2 is 1.12 bits per heavy atom. The molecule has 0 amide bonds. The zero-order valence-electron chi connectivity index (χ0n) is 26.5. The van der Waals surface area contributed by atoms with Crippen molar-refractivity contribution in [2.75, 3.05) is 4.90 Å². The third kappa shape index (κ3) is 4.62. The van der Waals surface area contributed by atoms with Gasteiger partial charge in [0.15, 0.2) is 0 Å². The fourth-order valence-corrected chi connectivity index (χ4v) is 8.44. The second-order valence-corrected chi connectivity index (χ2v) is 13.6. The Kier molecular flexibility index (Phi) is 6.39. The molecule has 10 rings (SSSR count). The molecule has 0 aliphatic heterocycles. The molecule has 8 aromatic carbocycles. The van der Waals surface area contributed by atoms with Crippen LogP contribution in [0.4, 0.5) is 17.1 Å². The molecule has 2 heterocycles. The average Bonchev–Trinajstić information content (AvgIpc) is 3.74. The zero-order chi connectivity index (χ0) is 32.3. The molecule has 0 aliphatic rings. The molecule has 230 valence electrons. The van der Waals surface area contributed by atoms with Gasteiger partial charge in [-0.3, -0.25) is 0 Å². The molecule has 10 aromatic rings. The summed E-state index contributed by atoms with van der Waals surface area (Å²) >= 11 is 1.85. The molecular weight excluding hydrogens is 615 g/mol. The lowest BCUT2D eigenvalue weighted by Crippen LogP contribution is -2.11. The molecule has 0 unspecified atom stereocenters. The summed E-state index contributed by atoms with van der Waals surface area (Å²) < 4.78 is 8.80. The topological polar surface area (TPSA) is 16.4 Å². The standard InChI is InChI=1S/C46H29NOS/c1-3-11-30(12-4-1)39-28-32(31-19-23-36-33(27-31)21-25-43-46(36)38-16-7-9-17-42(38)48-43)20-24-41(39)47(34-13-5-2-6-14-34)35-22-26-45-40(29-35)37-15-8-10-18-44(37)49-45/h1-29H. The maximum atomic E-state index is 6.18. The van der Waals surface area contributed by atoms with Crippen molar-refractivity contribution in [3.63, 3.8) is 0 Å². The molecule has 0 bridgehead atoms. The van der Waals surface area contributed by atoms with Crippen molar-refractivity contribution in [2.24, 2.45) is 0 Å². The average molecular weight is 644 g/mol. The molecular formula is C46H29NOS. The Morgan fingerprint density at radius 1 is 0.408 bits per heavy atom. The van der Waals surface area contributed by atoms with E-state index in [9.17, 15) is 0 Å².